The SMILES string of the molecule is CC(C)(C)c1c(Cl)c(Cl)c(Cl)c(Cl)c1Cl. The molecule has 0 amide bonds. The number of hydrogen-bond acceptors (Lipinski definition) is 0. The summed E-state index contributed by atoms with van der Waals surface area (Å²) in [4.78, 5) is 0. The minimum atomic E-state index is -0.244. The Kier molecular flexibility index (Phi) is 4.12. The van der Waals surface area contributed by atoms with E-state index >= 15 is 0 Å². The Bertz CT molecular complexity index is 374. The molecular formula is C10H9Cl5. The lowest BCUT2D eigenvalue weighted by Crippen LogP contribution is -2.13. The van der Waals surface area contributed by atoms with E-state index in [1.807, 2.05) is 20.8 Å². The minimum Gasteiger partial charge on any atom is -0.0823 e. The van der Waals surface area contributed by atoms with E-state index in [0.29, 0.717) is 15.6 Å². The highest BCUT2D eigenvalue weighted by molar-refractivity contribution is 6.55. The molecule has 0 unspecified atom stereocenters. The average Bonchev–Trinajstić information content (AvgIpc) is 2.09. The third-order valence-electron chi connectivity index (χ3n) is 1.96. The van der Waals surface area contributed by atoms with E-state index < -0.39 is 0 Å². The van der Waals surface area contributed by atoms with Crippen molar-refractivity contribution in [2.24, 2.45) is 0 Å². The highest BCUT2D eigenvalue weighted by Crippen LogP contribution is 2.47. The smallest absolute Gasteiger partial charge is 0.0809 e. The van der Waals surface area contributed by atoms with Crippen molar-refractivity contribution in [3.05, 3.63) is 30.7 Å². The van der Waals surface area contributed by atoms with Gasteiger partial charge >= 0.3 is 0 Å². The first-order chi connectivity index (χ1) is 6.68. The van der Waals surface area contributed by atoms with Gasteiger partial charge in [-0.3, -0.25) is 0 Å². The molecule has 5 heteroatoms. The maximum absolute atomic E-state index is 6.10. The van der Waals surface area contributed by atoms with Crippen LogP contribution in [0.25, 0.3) is 0 Å². The standard InChI is InChI=1S/C10H9Cl5/c1-10(2,3)4-5(11)7(13)9(15)8(14)6(4)12/h1-3H3. The largest absolute Gasteiger partial charge is 0.0823 e. The molecule has 0 spiro atoms. The molecule has 1 aromatic carbocycles. The van der Waals surface area contributed by atoms with Gasteiger partial charge in [-0.25, -0.2) is 0 Å². The molecular weight excluding hydrogens is 297 g/mol. The molecule has 0 aliphatic rings. The van der Waals surface area contributed by atoms with Crippen LogP contribution in [0.3, 0.4) is 0 Å². The molecule has 0 saturated heterocycles. The molecule has 0 saturated carbocycles. The molecule has 15 heavy (non-hydrogen) atoms. The predicted octanol–water partition coefficient (Wildman–Crippen LogP) is 6.25. The molecule has 1 rings (SSSR count). The molecule has 0 nitrogen and oxygen atoms in total. The Balaban J connectivity index is 3.68. The Hall–Kier alpha value is 0.670. The van der Waals surface area contributed by atoms with E-state index in [9.17, 15) is 0 Å². The highest BCUT2D eigenvalue weighted by atomic mass is 35.5. The van der Waals surface area contributed by atoms with Gasteiger partial charge in [-0.2, -0.15) is 0 Å². The second-order valence-corrected chi connectivity index (χ2v) is 6.08. The highest BCUT2D eigenvalue weighted by Gasteiger charge is 2.27. The molecule has 0 bridgehead atoms. The van der Waals surface area contributed by atoms with Crippen molar-refractivity contribution >= 4 is 58.0 Å². The molecule has 0 aliphatic carbocycles. The molecule has 0 fully saturated rings. The van der Waals surface area contributed by atoms with E-state index in [1.54, 1.807) is 0 Å². The van der Waals surface area contributed by atoms with Gasteiger partial charge in [0.2, 0.25) is 0 Å². The summed E-state index contributed by atoms with van der Waals surface area (Å²) >= 11 is 30.0. The van der Waals surface area contributed by atoms with Gasteiger partial charge in [0, 0.05) is 0 Å². The number of rotatable bonds is 0. The van der Waals surface area contributed by atoms with E-state index in [4.69, 9.17) is 58.0 Å². The topological polar surface area (TPSA) is 0 Å². The molecule has 0 aliphatic heterocycles. The van der Waals surface area contributed by atoms with Crippen molar-refractivity contribution in [2.75, 3.05) is 0 Å². The lowest BCUT2D eigenvalue weighted by molar-refractivity contribution is 0.591. The third kappa shape index (κ3) is 2.50. The van der Waals surface area contributed by atoms with Gasteiger partial charge in [-0.05, 0) is 11.0 Å². The van der Waals surface area contributed by atoms with Crippen LogP contribution in [-0.4, -0.2) is 0 Å². The van der Waals surface area contributed by atoms with E-state index in [1.165, 1.54) is 0 Å². The molecule has 0 N–H and O–H groups in total. The molecule has 84 valence electrons. The normalized spacial score (nSPS) is 12.0. The summed E-state index contributed by atoms with van der Waals surface area (Å²) in [7, 11) is 0. The first kappa shape index (κ1) is 13.7. The van der Waals surface area contributed by atoms with Crippen LogP contribution in [0.5, 0.6) is 0 Å². The van der Waals surface area contributed by atoms with Crippen LogP contribution in [0.1, 0.15) is 26.3 Å². The van der Waals surface area contributed by atoms with Gasteiger partial charge in [0.25, 0.3) is 0 Å². The third-order valence-corrected chi connectivity index (χ3v) is 4.24. The zero-order valence-electron chi connectivity index (χ0n) is 8.39. The van der Waals surface area contributed by atoms with Gasteiger partial charge < -0.3 is 0 Å². The van der Waals surface area contributed by atoms with Crippen molar-refractivity contribution in [3.8, 4) is 0 Å². The van der Waals surface area contributed by atoms with Crippen molar-refractivity contribution in [1.29, 1.82) is 0 Å². The predicted molar refractivity (Wildman–Crippen MR) is 70.2 cm³/mol. The number of hydrogen-bond donors (Lipinski definition) is 0. The number of benzene rings is 1. The fraction of sp³-hybridized carbons (Fsp3) is 0.400. The summed E-state index contributed by atoms with van der Waals surface area (Å²) in [5.41, 5.74) is 0.469. The van der Waals surface area contributed by atoms with Gasteiger partial charge in [0.05, 0.1) is 25.1 Å². The van der Waals surface area contributed by atoms with Crippen LogP contribution in [0.4, 0.5) is 0 Å². The van der Waals surface area contributed by atoms with Crippen molar-refractivity contribution in [3.63, 3.8) is 0 Å². The van der Waals surface area contributed by atoms with Crippen LogP contribution >= 0.6 is 58.0 Å². The maximum atomic E-state index is 6.10. The van der Waals surface area contributed by atoms with Crippen LogP contribution in [0.15, 0.2) is 0 Å². The quantitative estimate of drug-likeness (QED) is 0.392. The molecule has 0 aromatic heterocycles. The van der Waals surface area contributed by atoms with Crippen molar-refractivity contribution in [1.82, 2.24) is 0 Å². The van der Waals surface area contributed by atoms with Crippen LogP contribution in [0, 0.1) is 0 Å². The Labute approximate surface area is 114 Å². The van der Waals surface area contributed by atoms with Gasteiger partial charge in [0.15, 0.2) is 0 Å². The summed E-state index contributed by atoms with van der Waals surface area (Å²) in [6.07, 6.45) is 0. The summed E-state index contributed by atoms with van der Waals surface area (Å²) in [5, 5.41) is 1.42. The van der Waals surface area contributed by atoms with Crippen LogP contribution in [0.2, 0.25) is 25.1 Å². The average molecular weight is 306 g/mol. The Morgan fingerprint density at radius 1 is 0.600 bits per heavy atom. The summed E-state index contributed by atoms with van der Waals surface area (Å²) < 4.78 is 0. The maximum Gasteiger partial charge on any atom is 0.0809 e. The van der Waals surface area contributed by atoms with Crippen molar-refractivity contribution in [2.45, 2.75) is 26.2 Å². The van der Waals surface area contributed by atoms with Crippen molar-refractivity contribution < 1.29 is 0 Å². The van der Waals surface area contributed by atoms with Gasteiger partial charge in [-0.1, -0.05) is 78.8 Å². The molecule has 0 radical (unpaired) electrons. The van der Waals surface area contributed by atoms with Crippen LogP contribution < -0.4 is 0 Å². The minimum absolute atomic E-state index is 0.196. The van der Waals surface area contributed by atoms with E-state index in [2.05, 4.69) is 0 Å². The second kappa shape index (κ2) is 4.50. The zero-order valence-corrected chi connectivity index (χ0v) is 12.2. The summed E-state index contributed by atoms with van der Waals surface area (Å²) in [5.74, 6) is 0. The molecule has 1 aromatic rings. The monoisotopic (exact) mass is 304 g/mol. The lowest BCUT2D eigenvalue weighted by Gasteiger charge is -2.24. The van der Waals surface area contributed by atoms with Gasteiger partial charge in [0.1, 0.15) is 0 Å². The Morgan fingerprint density at radius 2 is 0.867 bits per heavy atom. The van der Waals surface area contributed by atoms with E-state index in [-0.39, 0.29) is 20.5 Å². The lowest BCUT2D eigenvalue weighted by atomic mass is 9.87. The molecule has 0 atom stereocenters. The summed E-state index contributed by atoms with van der Waals surface area (Å²) in [6, 6.07) is 0. The van der Waals surface area contributed by atoms with Gasteiger partial charge in [-0.15, -0.1) is 0 Å². The summed E-state index contributed by atoms with van der Waals surface area (Å²) in [6.45, 7) is 5.92. The molecule has 0 heterocycles. The first-order valence-corrected chi connectivity index (χ1v) is 6.08. The second-order valence-electron chi connectivity index (χ2n) is 4.19. The van der Waals surface area contributed by atoms with E-state index in [0.717, 1.165) is 0 Å². The zero-order chi connectivity index (χ0) is 12.0. The van der Waals surface area contributed by atoms with Crippen LogP contribution in [-0.2, 0) is 5.41 Å². The fourth-order valence-corrected chi connectivity index (χ4v) is 2.97. The number of halogens is 5. The Morgan fingerprint density at radius 3 is 1.13 bits per heavy atom. The first-order valence-electron chi connectivity index (χ1n) is 4.19. The fourth-order valence-electron chi connectivity index (χ4n) is 1.26.